The third-order valence-corrected chi connectivity index (χ3v) is 4.41. The molecule has 0 aromatic heterocycles. The third kappa shape index (κ3) is 4.75. The Morgan fingerprint density at radius 2 is 1.79 bits per heavy atom. The van der Waals surface area contributed by atoms with E-state index in [2.05, 4.69) is 44.3 Å². The van der Waals surface area contributed by atoms with Gasteiger partial charge in [0.15, 0.2) is 6.10 Å². The number of nitrogens with one attached hydrogen (secondary N) is 1. The molecule has 24 heavy (non-hydrogen) atoms. The first-order chi connectivity index (χ1) is 11.4. The van der Waals surface area contributed by atoms with Gasteiger partial charge in [-0.2, -0.15) is 0 Å². The molecular formula is C20H24ClNO2. The molecule has 0 unspecified atom stereocenters. The van der Waals surface area contributed by atoms with Gasteiger partial charge >= 0.3 is 0 Å². The van der Waals surface area contributed by atoms with Crippen LogP contribution in [0.1, 0.15) is 43.0 Å². The van der Waals surface area contributed by atoms with Gasteiger partial charge < -0.3 is 10.1 Å². The van der Waals surface area contributed by atoms with E-state index in [9.17, 15) is 4.79 Å². The van der Waals surface area contributed by atoms with Crippen LogP contribution < -0.4 is 10.1 Å². The second-order valence-corrected chi connectivity index (χ2v) is 6.46. The zero-order valence-corrected chi connectivity index (χ0v) is 15.4. The zero-order valence-electron chi connectivity index (χ0n) is 14.6. The fourth-order valence-corrected chi connectivity index (χ4v) is 2.59. The lowest BCUT2D eigenvalue weighted by Crippen LogP contribution is -2.38. The molecule has 0 aliphatic carbocycles. The number of hydrogen-bond acceptors (Lipinski definition) is 2. The van der Waals surface area contributed by atoms with Crippen LogP contribution in [0.25, 0.3) is 0 Å². The topological polar surface area (TPSA) is 38.3 Å². The van der Waals surface area contributed by atoms with E-state index in [0.717, 1.165) is 12.0 Å². The first-order valence-corrected chi connectivity index (χ1v) is 8.58. The van der Waals surface area contributed by atoms with Crippen molar-refractivity contribution in [3.8, 4) is 5.75 Å². The van der Waals surface area contributed by atoms with E-state index in [0.29, 0.717) is 10.8 Å². The summed E-state index contributed by atoms with van der Waals surface area (Å²) >= 11 is 5.86. The predicted molar refractivity (Wildman–Crippen MR) is 98.6 cm³/mol. The summed E-state index contributed by atoms with van der Waals surface area (Å²) in [5.74, 6) is 0.497. The molecule has 0 fully saturated rings. The molecule has 0 spiro atoms. The number of carbonyl (C=O) groups is 1. The average molecular weight is 346 g/mol. The van der Waals surface area contributed by atoms with Gasteiger partial charge in [0.1, 0.15) is 5.75 Å². The van der Waals surface area contributed by atoms with E-state index >= 15 is 0 Å². The summed E-state index contributed by atoms with van der Waals surface area (Å²) < 4.78 is 5.68. The average Bonchev–Trinajstić information content (AvgIpc) is 2.57. The Hall–Kier alpha value is -2.00. The Labute approximate surface area is 149 Å². The molecule has 0 heterocycles. The number of hydrogen-bond donors (Lipinski definition) is 1. The molecule has 2 aromatic carbocycles. The largest absolute Gasteiger partial charge is 0.481 e. The number of amides is 1. The van der Waals surface area contributed by atoms with Gasteiger partial charge in [-0.1, -0.05) is 36.7 Å². The first kappa shape index (κ1) is 18.3. The maximum atomic E-state index is 12.4. The van der Waals surface area contributed by atoms with Crippen LogP contribution in [0.5, 0.6) is 5.75 Å². The first-order valence-electron chi connectivity index (χ1n) is 8.20. The van der Waals surface area contributed by atoms with Crippen LogP contribution in [-0.2, 0) is 4.79 Å². The van der Waals surface area contributed by atoms with Crippen molar-refractivity contribution >= 4 is 17.5 Å². The molecule has 128 valence electrons. The molecule has 0 aliphatic heterocycles. The van der Waals surface area contributed by atoms with E-state index in [1.165, 1.54) is 11.1 Å². The zero-order chi connectivity index (χ0) is 17.7. The number of carbonyl (C=O) groups excluding carboxylic acids is 1. The van der Waals surface area contributed by atoms with Crippen molar-refractivity contribution in [1.29, 1.82) is 0 Å². The van der Waals surface area contributed by atoms with E-state index in [-0.39, 0.29) is 11.9 Å². The summed E-state index contributed by atoms with van der Waals surface area (Å²) in [5, 5.41) is 3.71. The monoisotopic (exact) mass is 345 g/mol. The van der Waals surface area contributed by atoms with Crippen molar-refractivity contribution in [1.82, 2.24) is 5.32 Å². The molecule has 2 atom stereocenters. The number of aryl methyl sites for hydroxylation is 2. The lowest BCUT2D eigenvalue weighted by molar-refractivity contribution is -0.128. The van der Waals surface area contributed by atoms with Crippen LogP contribution in [0.2, 0.25) is 5.02 Å². The summed E-state index contributed by atoms with van der Waals surface area (Å²) in [4.78, 5) is 12.4. The van der Waals surface area contributed by atoms with E-state index in [1.54, 1.807) is 31.2 Å². The Bertz CT molecular complexity index is 697. The fourth-order valence-electron chi connectivity index (χ4n) is 2.46. The molecule has 1 amide bonds. The van der Waals surface area contributed by atoms with Gasteiger partial charge in [-0.15, -0.1) is 0 Å². The molecule has 0 saturated heterocycles. The molecule has 3 nitrogen and oxygen atoms in total. The molecule has 0 bridgehead atoms. The van der Waals surface area contributed by atoms with Gasteiger partial charge in [-0.05, 0) is 68.1 Å². The fraction of sp³-hybridized carbons (Fsp3) is 0.350. The molecule has 2 aromatic rings. The Morgan fingerprint density at radius 1 is 1.12 bits per heavy atom. The molecule has 1 N–H and O–H groups in total. The summed E-state index contributed by atoms with van der Waals surface area (Å²) in [5.41, 5.74) is 3.60. The van der Waals surface area contributed by atoms with Crippen LogP contribution in [-0.4, -0.2) is 12.0 Å². The molecular weight excluding hydrogens is 322 g/mol. The van der Waals surface area contributed by atoms with Crippen molar-refractivity contribution in [2.75, 3.05) is 0 Å². The minimum absolute atomic E-state index is 0.0203. The highest BCUT2D eigenvalue weighted by molar-refractivity contribution is 6.30. The summed E-state index contributed by atoms with van der Waals surface area (Å²) in [6, 6.07) is 13.3. The highest BCUT2D eigenvalue weighted by Gasteiger charge is 2.19. The van der Waals surface area contributed by atoms with E-state index in [1.807, 2.05) is 0 Å². The molecule has 0 aliphatic rings. The second kappa shape index (κ2) is 8.20. The van der Waals surface area contributed by atoms with Gasteiger partial charge in [0, 0.05) is 5.02 Å². The van der Waals surface area contributed by atoms with Crippen molar-refractivity contribution in [2.24, 2.45) is 0 Å². The maximum Gasteiger partial charge on any atom is 0.261 e. The van der Waals surface area contributed by atoms with Crippen LogP contribution in [0.4, 0.5) is 0 Å². The standard InChI is InChI=1S/C20H24ClNO2/c1-5-19(16-7-6-13(2)14(3)12-16)22-20(23)15(4)24-18-10-8-17(21)9-11-18/h6-12,15,19H,5H2,1-4H3,(H,22,23)/t15-,19+/m0/s1. The van der Waals surface area contributed by atoms with Gasteiger partial charge in [-0.25, -0.2) is 0 Å². The Balaban J connectivity index is 2.02. The summed E-state index contributed by atoms with van der Waals surface area (Å²) in [6.45, 7) is 7.97. The Morgan fingerprint density at radius 3 is 2.38 bits per heavy atom. The lowest BCUT2D eigenvalue weighted by atomic mass is 9.99. The predicted octanol–water partition coefficient (Wildman–Crippen LogP) is 4.99. The second-order valence-electron chi connectivity index (χ2n) is 6.03. The van der Waals surface area contributed by atoms with Crippen LogP contribution in [0.15, 0.2) is 42.5 Å². The minimum atomic E-state index is -0.577. The van der Waals surface area contributed by atoms with Gasteiger partial charge in [0.25, 0.3) is 5.91 Å². The molecule has 0 saturated carbocycles. The number of ether oxygens (including phenoxy) is 1. The van der Waals surface area contributed by atoms with Crippen molar-refractivity contribution in [2.45, 2.75) is 46.3 Å². The Kier molecular flexibility index (Phi) is 6.27. The van der Waals surface area contributed by atoms with Gasteiger partial charge in [-0.3, -0.25) is 4.79 Å². The lowest BCUT2D eigenvalue weighted by Gasteiger charge is -2.21. The summed E-state index contributed by atoms with van der Waals surface area (Å²) in [7, 11) is 0. The van der Waals surface area contributed by atoms with Gasteiger partial charge in [0.2, 0.25) is 0 Å². The number of benzene rings is 2. The summed E-state index contributed by atoms with van der Waals surface area (Å²) in [6.07, 6.45) is 0.244. The minimum Gasteiger partial charge on any atom is -0.481 e. The van der Waals surface area contributed by atoms with Crippen molar-refractivity contribution in [3.05, 3.63) is 64.2 Å². The molecule has 0 radical (unpaired) electrons. The quantitative estimate of drug-likeness (QED) is 0.800. The smallest absolute Gasteiger partial charge is 0.261 e. The van der Waals surface area contributed by atoms with Crippen LogP contribution in [0, 0.1) is 13.8 Å². The van der Waals surface area contributed by atoms with E-state index < -0.39 is 6.10 Å². The van der Waals surface area contributed by atoms with Gasteiger partial charge in [0.05, 0.1) is 6.04 Å². The number of rotatable bonds is 6. The molecule has 4 heteroatoms. The maximum absolute atomic E-state index is 12.4. The highest BCUT2D eigenvalue weighted by atomic mass is 35.5. The van der Waals surface area contributed by atoms with Crippen LogP contribution >= 0.6 is 11.6 Å². The van der Waals surface area contributed by atoms with Crippen LogP contribution in [0.3, 0.4) is 0 Å². The highest BCUT2D eigenvalue weighted by Crippen LogP contribution is 2.21. The number of halogens is 1. The third-order valence-electron chi connectivity index (χ3n) is 4.15. The van der Waals surface area contributed by atoms with Crippen molar-refractivity contribution in [3.63, 3.8) is 0 Å². The van der Waals surface area contributed by atoms with Crippen molar-refractivity contribution < 1.29 is 9.53 Å². The molecule has 2 rings (SSSR count). The SMILES string of the molecule is CC[C@@H](NC(=O)[C@H](C)Oc1ccc(Cl)cc1)c1ccc(C)c(C)c1. The normalized spacial score (nSPS) is 13.2. The van der Waals surface area contributed by atoms with E-state index in [4.69, 9.17) is 16.3 Å².